The van der Waals surface area contributed by atoms with Crippen LogP contribution in [0.3, 0.4) is 0 Å². The largest absolute Gasteiger partial charge is 0.321 e. The van der Waals surface area contributed by atoms with E-state index in [4.69, 9.17) is 5.41 Å². The van der Waals surface area contributed by atoms with E-state index >= 15 is 0 Å². The summed E-state index contributed by atoms with van der Waals surface area (Å²) in [7, 11) is 1.72. The second-order valence-electron chi connectivity index (χ2n) is 1.04. The van der Waals surface area contributed by atoms with E-state index in [1.807, 2.05) is 0 Å². The first-order valence-corrected chi connectivity index (χ1v) is 1.93. The molecular formula is C4H9N3. The van der Waals surface area contributed by atoms with E-state index < -0.39 is 0 Å². The standard InChI is InChI=1S/C4H9N3/c1-4(3-5)7-6-2/h3,5-7H,1H2,2H3. The predicted molar refractivity (Wildman–Crippen MR) is 30.1 cm³/mol. The number of hydrogen-bond donors (Lipinski definition) is 3. The van der Waals surface area contributed by atoms with Crippen molar-refractivity contribution in [3.63, 3.8) is 0 Å². The van der Waals surface area contributed by atoms with E-state index in [2.05, 4.69) is 17.4 Å². The smallest absolute Gasteiger partial charge is 0.0591 e. The van der Waals surface area contributed by atoms with Crippen LogP contribution in [0.4, 0.5) is 0 Å². The zero-order valence-corrected chi connectivity index (χ0v) is 4.28. The van der Waals surface area contributed by atoms with Crippen LogP contribution in [-0.2, 0) is 0 Å². The molecule has 3 heteroatoms. The van der Waals surface area contributed by atoms with Gasteiger partial charge in [0.25, 0.3) is 0 Å². The lowest BCUT2D eigenvalue weighted by Crippen LogP contribution is -2.26. The molecule has 3 nitrogen and oxygen atoms in total. The zero-order chi connectivity index (χ0) is 5.70. The van der Waals surface area contributed by atoms with Crippen LogP contribution in [0.2, 0.25) is 0 Å². The Morgan fingerprint density at radius 1 is 1.86 bits per heavy atom. The molecule has 40 valence electrons. The third-order valence-electron chi connectivity index (χ3n) is 0.460. The molecule has 7 heavy (non-hydrogen) atoms. The van der Waals surface area contributed by atoms with Gasteiger partial charge in [0.05, 0.1) is 5.70 Å². The average molecular weight is 99.1 g/mol. The molecule has 0 aromatic heterocycles. The molecule has 0 spiro atoms. The SMILES string of the molecule is C=C(C=N)NNC. The van der Waals surface area contributed by atoms with Gasteiger partial charge in [0, 0.05) is 13.3 Å². The van der Waals surface area contributed by atoms with Crippen molar-refractivity contribution in [3.05, 3.63) is 12.3 Å². The topological polar surface area (TPSA) is 47.9 Å². The van der Waals surface area contributed by atoms with Gasteiger partial charge in [0.1, 0.15) is 0 Å². The summed E-state index contributed by atoms with van der Waals surface area (Å²) in [6.45, 7) is 3.45. The number of hydrogen-bond acceptors (Lipinski definition) is 3. The van der Waals surface area contributed by atoms with Crippen LogP contribution in [-0.4, -0.2) is 13.3 Å². The summed E-state index contributed by atoms with van der Waals surface area (Å²) in [5, 5.41) is 6.58. The van der Waals surface area contributed by atoms with Gasteiger partial charge in [0.2, 0.25) is 0 Å². The molecule has 0 heterocycles. The van der Waals surface area contributed by atoms with Gasteiger partial charge in [-0.1, -0.05) is 6.58 Å². The molecule has 0 aromatic carbocycles. The Morgan fingerprint density at radius 3 is 2.57 bits per heavy atom. The molecule has 0 aromatic rings. The molecule has 0 bridgehead atoms. The van der Waals surface area contributed by atoms with E-state index in [1.165, 1.54) is 0 Å². The van der Waals surface area contributed by atoms with Crippen molar-refractivity contribution in [3.8, 4) is 0 Å². The fraction of sp³-hybridized carbons (Fsp3) is 0.250. The predicted octanol–water partition coefficient (Wildman–Crippen LogP) is -0.126. The van der Waals surface area contributed by atoms with Crippen molar-refractivity contribution in [2.24, 2.45) is 0 Å². The normalized spacial score (nSPS) is 7.57. The lowest BCUT2D eigenvalue weighted by Gasteiger charge is -1.97. The van der Waals surface area contributed by atoms with Crippen molar-refractivity contribution in [2.45, 2.75) is 0 Å². The van der Waals surface area contributed by atoms with Gasteiger partial charge in [-0.15, -0.1) is 0 Å². The van der Waals surface area contributed by atoms with Crippen molar-refractivity contribution >= 4 is 6.21 Å². The number of nitrogens with one attached hydrogen (secondary N) is 3. The van der Waals surface area contributed by atoms with E-state index in [-0.39, 0.29) is 0 Å². The number of hydrazine groups is 1. The number of rotatable bonds is 3. The van der Waals surface area contributed by atoms with Gasteiger partial charge in [-0.3, -0.25) is 0 Å². The third-order valence-corrected chi connectivity index (χ3v) is 0.460. The third kappa shape index (κ3) is 2.99. The average Bonchev–Trinajstić information content (AvgIpc) is 1.68. The van der Waals surface area contributed by atoms with Crippen LogP contribution in [0.15, 0.2) is 12.3 Å². The second-order valence-corrected chi connectivity index (χ2v) is 1.04. The molecule has 0 unspecified atom stereocenters. The molecule has 0 aliphatic rings. The fourth-order valence-corrected chi connectivity index (χ4v) is 0.197. The Labute approximate surface area is 42.9 Å². The Balaban J connectivity index is 3.17. The molecular weight excluding hydrogens is 90.1 g/mol. The van der Waals surface area contributed by atoms with Crippen LogP contribution in [0, 0.1) is 5.41 Å². The highest BCUT2D eigenvalue weighted by Gasteiger charge is 1.75. The summed E-state index contributed by atoms with van der Waals surface area (Å²) >= 11 is 0. The van der Waals surface area contributed by atoms with E-state index in [0.29, 0.717) is 5.70 Å². The van der Waals surface area contributed by atoms with Crippen LogP contribution >= 0.6 is 0 Å². The van der Waals surface area contributed by atoms with E-state index in [9.17, 15) is 0 Å². The van der Waals surface area contributed by atoms with Gasteiger partial charge in [0.15, 0.2) is 0 Å². The Kier molecular flexibility index (Phi) is 2.96. The van der Waals surface area contributed by atoms with Crippen molar-refractivity contribution in [1.29, 1.82) is 5.41 Å². The lowest BCUT2D eigenvalue weighted by molar-refractivity contribution is 0.716. The fourth-order valence-electron chi connectivity index (χ4n) is 0.197. The maximum atomic E-state index is 6.58. The van der Waals surface area contributed by atoms with E-state index in [1.54, 1.807) is 7.05 Å². The van der Waals surface area contributed by atoms with Gasteiger partial charge in [-0.05, 0) is 0 Å². The minimum atomic E-state index is 0.558. The highest BCUT2D eigenvalue weighted by molar-refractivity contribution is 5.73. The Bertz CT molecular complexity index is 77.0. The van der Waals surface area contributed by atoms with Crippen LogP contribution in [0.25, 0.3) is 0 Å². The molecule has 0 saturated carbocycles. The molecule has 0 aliphatic heterocycles. The highest BCUT2D eigenvalue weighted by atomic mass is 15.3. The van der Waals surface area contributed by atoms with E-state index in [0.717, 1.165) is 6.21 Å². The van der Waals surface area contributed by atoms with Gasteiger partial charge in [-0.25, -0.2) is 5.43 Å². The van der Waals surface area contributed by atoms with Crippen LogP contribution in [0.1, 0.15) is 0 Å². The van der Waals surface area contributed by atoms with Crippen LogP contribution < -0.4 is 10.9 Å². The summed E-state index contributed by atoms with van der Waals surface area (Å²) in [5.41, 5.74) is 5.78. The Hall–Kier alpha value is -0.830. The molecule has 3 N–H and O–H groups in total. The van der Waals surface area contributed by atoms with Gasteiger partial charge < -0.3 is 10.8 Å². The second kappa shape index (κ2) is 3.36. The molecule has 0 radical (unpaired) electrons. The quantitative estimate of drug-likeness (QED) is 0.341. The van der Waals surface area contributed by atoms with Gasteiger partial charge in [-0.2, -0.15) is 0 Å². The van der Waals surface area contributed by atoms with Crippen molar-refractivity contribution in [1.82, 2.24) is 10.9 Å². The summed E-state index contributed by atoms with van der Waals surface area (Å²) in [6, 6.07) is 0. The molecule has 0 saturated heterocycles. The Morgan fingerprint density at radius 2 is 2.43 bits per heavy atom. The lowest BCUT2D eigenvalue weighted by atomic mass is 10.6. The van der Waals surface area contributed by atoms with Crippen LogP contribution in [0.5, 0.6) is 0 Å². The minimum absolute atomic E-state index is 0.558. The minimum Gasteiger partial charge on any atom is -0.321 e. The zero-order valence-electron chi connectivity index (χ0n) is 4.28. The monoisotopic (exact) mass is 99.1 g/mol. The molecule has 0 aliphatic carbocycles. The first-order valence-electron chi connectivity index (χ1n) is 1.93. The first-order chi connectivity index (χ1) is 3.31. The summed E-state index contributed by atoms with van der Waals surface area (Å²) in [6.07, 6.45) is 1.14. The summed E-state index contributed by atoms with van der Waals surface area (Å²) in [4.78, 5) is 0. The molecule has 0 amide bonds. The molecule has 0 fully saturated rings. The summed E-state index contributed by atoms with van der Waals surface area (Å²) < 4.78 is 0. The summed E-state index contributed by atoms with van der Waals surface area (Å²) in [5.74, 6) is 0. The molecule has 0 atom stereocenters. The highest BCUT2D eigenvalue weighted by Crippen LogP contribution is 1.66. The number of allylic oxidation sites excluding steroid dienone is 1. The van der Waals surface area contributed by atoms with Crippen molar-refractivity contribution < 1.29 is 0 Å². The molecule has 0 rings (SSSR count). The maximum absolute atomic E-state index is 6.58. The first kappa shape index (κ1) is 6.17. The van der Waals surface area contributed by atoms with Gasteiger partial charge >= 0.3 is 0 Å². The maximum Gasteiger partial charge on any atom is 0.0591 e. The van der Waals surface area contributed by atoms with Crippen molar-refractivity contribution in [2.75, 3.05) is 7.05 Å².